The van der Waals surface area contributed by atoms with Crippen LogP contribution in [0.4, 0.5) is 0 Å². The van der Waals surface area contributed by atoms with Crippen LogP contribution in [0.15, 0.2) is 63.7 Å². The summed E-state index contributed by atoms with van der Waals surface area (Å²) < 4.78 is 15.5. The maximum atomic E-state index is 12.7. The fourth-order valence-corrected chi connectivity index (χ4v) is 3.64. The van der Waals surface area contributed by atoms with Gasteiger partial charge in [-0.15, -0.1) is 0 Å². The lowest BCUT2D eigenvalue weighted by Crippen LogP contribution is -2.05. The van der Waals surface area contributed by atoms with E-state index in [9.17, 15) is 4.79 Å². The first-order valence-electron chi connectivity index (χ1n) is 8.86. The molecule has 0 N–H and O–H groups in total. The van der Waals surface area contributed by atoms with Crippen LogP contribution in [0, 0.1) is 0 Å². The molecule has 8 nitrogen and oxygen atoms in total. The fraction of sp³-hybridized carbons (Fsp3) is 0.143. The fourth-order valence-electron chi connectivity index (χ4n) is 2.43. The topological polar surface area (TPSA) is 92.1 Å². The number of methoxy groups -OCH3 is 3. The number of rotatable bonds is 8. The van der Waals surface area contributed by atoms with Crippen LogP contribution in [0.1, 0.15) is 15.9 Å². The van der Waals surface area contributed by atoms with Gasteiger partial charge in [0.2, 0.25) is 11.8 Å². The number of ether oxygens (including phenoxy) is 3. The first-order chi connectivity index (χ1) is 15.0. The molecule has 0 aliphatic heterocycles. The maximum Gasteiger partial charge on any atom is 0.368 e. The summed E-state index contributed by atoms with van der Waals surface area (Å²) >= 11 is 7.38. The smallest absolute Gasteiger partial charge is 0.368 e. The second-order valence-corrected chi connectivity index (χ2v) is 7.26. The average Bonchev–Trinajstić information content (AvgIpc) is 2.79. The standard InChI is InChI=1S/C21H18ClN3O5S/c1-27-14-7-4-6-13(10-14)12-23-30-20(26)19-15(22)8-5-9-16(19)31-21-24-17(28-2)11-18(25-21)29-3/h4-12H,1-3H3/b23-12+. The van der Waals surface area contributed by atoms with E-state index in [0.717, 1.165) is 11.8 Å². The maximum absolute atomic E-state index is 12.7. The van der Waals surface area contributed by atoms with Crippen LogP contribution in [0.3, 0.4) is 0 Å². The van der Waals surface area contributed by atoms with Gasteiger partial charge in [-0.25, -0.2) is 4.79 Å². The minimum atomic E-state index is -0.720. The molecule has 0 radical (unpaired) electrons. The van der Waals surface area contributed by atoms with Crippen LogP contribution in [-0.2, 0) is 4.84 Å². The van der Waals surface area contributed by atoms with Gasteiger partial charge in [0.25, 0.3) is 0 Å². The molecule has 1 aromatic heterocycles. The molecule has 31 heavy (non-hydrogen) atoms. The van der Waals surface area contributed by atoms with Crippen LogP contribution in [0.5, 0.6) is 17.5 Å². The first kappa shape index (κ1) is 22.4. The van der Waals surface area contributed by atoms with E-state index in [1.54, 1.807) is 55.6 Å². The van der Waals surface area contributed by atoms with Crippen LogP contribution in [0.2, 0.25) is 5.02 Å². The van der Waals surface area contributed by atoms with Crippen molar-refractivity contribution in [1.82, 2.24) is 9.97 Å². The van der Waals surface area contributed by atoms with Crippen molar-refractivity contribution in [3.05, 3.63) is 64.7 Å². The van der Waals surface area contributed by atoms with E-state index >= 15 is 0 Å². The third-order valence-corrected chi connectivity index (χ3v) is 5.13. The molecule has 0 saturated carbocycles. The third-order valence-electron chi connectivity index (χ3n) is 3.89. The normalized spacial score (nSPS) is 10.7. The molecule has 2 aromatic carbocycles. The molecule has 0 aliphatic rings. The van der Waals surface area contributed by atoms with E-state index in [2.05, 4.69) is 15.1 Å². The van der Waals surface area contributed by atoms with Crippen molar-refractivity contribution in [3.8, 4) is 17.5 Å². The van der Waals surface area contributed by atoms with Gasteiger partial charge in [0.1, 0.15) is 5.75 Å². The Morgan fingerprint density at radius 1 is 1.00 bits per heavy atom. The van der Waals surface area contributed by atoms with Crippen molar-refractivity contribution in [2.24, 2.45) is 5.16 Å². The molecule has 1 heterocycles. The van der Waals surface area contributed by atoms with Crippen molar-refractivity contribution < 1.29 is 23.8 Å². The zero-order chi connectivity index (χ0) is 22.2. The molecule has 0 unspecified atom stereocenters. The van der Waals surface area contributed by atoms with E-state index in [-0.39, 0.29) is 10.6 Å². The Hall–Kier alpha value is -3.30. The van der Waals surface area contributed by atoms with Crippen LogP contribution in [-0.4, -0.2) is 43.5 Å². The van der Waals surface area contributed by atoms with Crippen molar-refractivity contribution in [1.29, 1.82) is 0 Å². The molecular weight excluding hydrogens is 442 g/mol. The lowest BCUT2D eigenvalue weighted by molar-refractivity contribution is 0.0515. The second-order valence-electron chi connectivity index (χ2n) is 5.84. The van der Waals surface area contributed by atoms with E-state index < -0.39 is 5.97 Å². The van der Waals surface area contributed by atoms with Gasteiger partial charge >= 0.3 is 5.97 Å². The van der Waals surface area contributed by atoms with Gasteiger partial charge in [0.15, 0.2) is 5.16 Å². The molecule has 0 bridgehead atoms. The zero-order valence-corrected chi connectivity index (χ0v) is 18.4. The Balaban J connectivity index is 1.82. The predicted molar refractivity (Wildman–Crippen MR) is 117 cm³/mol. The summed E-state index contributed by atoms with van der Waals surface area (Å²) in [6.45, 7) is 0. The van der Waals surface area contributed by atoms with Gasteiger partial charge in [-0.05, 0) is 41.6 Å². The average molecular weight is 460 g/mol. The minimum Gasteiger partial charge on any atom is -0.497 e. The highest BCUT2D eigenvalue weighted by molar-refractivity contribution is 7.99. The molecule has 0 aliphatic carbocycles. The molecular formula is C21H18ClN3O5S. The van der Waals surface area contributed by atoms with Gasteiger partial charge in [-0.1, -0.05) is 35.0 Å². The second kappa shape index (κ2) is 10.6. The number of carbonyl (C=O) groups is 1. The molecule has 3 aromatic rings. The van der Waals surface area contributed by atoms with Gasteiger partial charge in [0.05, 0.1) is 44.2 Å². The highest BCUT2D eigenvalue weighted by Gasteiger charge is 2.20. The summed E-state index contributed by atoms with van der Waals surface area (Å²) in [5.41, 5.74) is 0.847. The van der Waals surface area contributed by atoms with E-state index in [4.69, 9.17) is 30.6 Å². The summed E-state index contributed by atoms with van der Waals surface area (Å²) in [7, 11) is 4.53. The van der Waals surface area contributed by atoms with Gasteiger partial charge in [0, 0.05) is 4.90 Å². The number of benzene rings is 2. The predicted octanol–water partition coefficient (Wildman–Crippen LogP) is 4.50. The van der Waals surface area contributed by atoms with Crippen LogP contribution < -0.4 is 14.2 Å². The molecule has 0 spiro atoms. The SMILES string of the molecule is COc1cccc(/C=N/OC(=O)c2c(Cl)cccc2Sc2nc(OC)cc(OC)n2)c1. The summed E-state index contributed by atoms with van der Waals surface area (Å²) in [6.07, 6.45) is 1.40. The molecule has 0 saturated heterocycles. The largest absolute Gasteiger partial charge is 0.497 e. The quantitative estimate of drug-likeness (QED) is 0.210. The Labute approximate surface area is 188 Å². The minimum absolute atomic E-state index is 0.141. The van der Waals surface area contributed by atoms with E-state index in [0.29, 0.717) is 33.1 Å². The zero-order valence-electron chi connectivity index (χ0n) is 16.9. The molecule has 3 rings (SSSR count). The number of hydrogen-bond donors (Lipinski definition) is 0. The number of aromatic nitrogens is 2. The van der Waals surface area contributed by atoms with Crippen molar-refractivity contribution >= 4 is 35.5 Å². The molecule has 0 atom stereocenters. The lowest BCUT2D eigenvalue weighted by atomic mass is 10.2. The van der Waals surface area contributed by atoms with E-state index in [1.807, 2.05) is 0 Å². The molecule has 0 amide bonds. The van der Waals surface area contributed by atoms with Gasteiger partial charge < -0.3 is 19.0 Å². The summed E-state index contributed by atoms with van der Waals surface area (Å²) in [4.78, 5) is 26.7. The number of nitrogens with zero attached hydrogens (tertiary/aromatic N) is 3. The molecule has 160 valence electrons. The monoisotopic (exact) mass is 459 g/mol. The van der Waals surface area contributed by atoms with Crippen molar-refractivity contribution in [3.63, 3.8) is 0 Å². The number of halogens is 1. The Kier molecular flexibility index (Phi) is 7.69. The number of carbonyl (C=O) groups excluding carboxylic acids is 1. The first-order valence-corrected chi connectivity index (χ1v) is 10.1. The van der Waals surface area contributed by atoms with Gasteiger partial charge in [-0.2, -0.15) is 9.97 Å². The van der Waals surface area contributed by atoms with E-state index in [1.165, 1.54) is 20.4 Å². The van der Waals surface area contributed by atoms with Crippen LogP contribution in [0.25, 0.3) is 0 Å². The Morgan fingerprint density at radius 3 is 2.39 bits per heavy atom. The molecule has 0 fully saturated rings. The highest BCUT2D eigenvalue weighted by atomic mass is 35.5. The lowest BCUT2D eigenvalue weighted by Gasteiger charge is -2.09. The van der Waals surface area contributed by atoms with Crippen molar-refractivity contribution in [2.45, 2.75) is 10.1 Å². The Morgan fingerprint density at radius 2 is 1.71 bits per heavy atom. The summed E-state index contributed by atoms with van der Waals surface area (Å²) in [5, 5.41) is 4.29. The third kappa shape index (κ3) is 5.87. The summed E-state index contributed by atoms with van der Waals surface area (Å²) in [5.74, 6) is 0.586. The van der Waals surface area contributed by atoms with Gasteiger partial charge in [-0.3, -0.25) is 0 Å². The number of oxime groups is 1. The molecule has 10 heteroatoms. The Bertz CT molecular complexity index is 1090. The highest BCUT2D eigenvalue weighted by Crippen LogP contribution is 2.34. The van der Waals surface area contributed by atoms with Crippen LogP contribution >= 0.6 is 23.4 Å². The summed E-state index contributed by atoms with van der Waals surface area (Å²) in [6, 6.07) is 13.7. The van der Waals surface area contributed by atoms with Crippen molar-refractivity contribution in [2.75, 3.05) is 21.3 Å². The number of hydrogen-bond acceptors (Lipinski definition) is 9.